The van der Waals surface area contributed by atoms with Crippen LogP contribution in [0.25, 0.3) is 0 Å². The summed E-state index contributed by atoms with van der Waals surface area (Å²) in [6.45, 7) is 12.3. The maximum atomic E-state index is 5.70. The molecule has 2 N–H and O–H groups in total. The van der Waals surface area contributed by atoms with Gasteiger partial charge in [0, 0.05) is 0 Å². The minimum absolute atomic E-state index is 0.452. The lowest BCUT2D eigenvalue weighted by Crippen LogP contribution is -2.32. The van der Waals surface area contributed by atoms with Gasteiger partial charge in [-0.05, 0) is 23.8 Å². The molecule has 74 valence electrons. The molecule has 0 aromatic carbocycles. The van der Waals surface area contributed by atoms with Gasteiger partial charge in [-0.15, -0.1) is 0 Å². The molecule has 0 radical (unpaired) electrons. The lowest BCUT2D eigenvalue weighted by molar-refractivity contribution is 0.139. The van der Waals surface area contributed by atoms with Crippen molar-refractivity contribution in [2.75, 3.05) is 6.54 Å². The fraction of sp³-hybridized carbons (Fsp3) is 1.00. The monoisotopic (exact) mass is 171 g/mol. The molecule has 0 bridgehead atoms. The quantitative estimate of drug-likeness (QED) is 0.676. The van der Waals surface area contributed by atoms with Crippen LogP contribution in [0.4, 0.5) is 0 Å². The van der Waals surface area contributed by atoms with E-state index in [2.05, 4.69) is 34.6 Å². The lowest BCUT2D eigenvalue weighted by atomic mass is 9.69. The zero-order valence-electron chi connectivity index (χ0n) is 9.35. The maximum absolute atomic E-state index is 5.70. The molecule has 0 aliphatic carbocycles. The molecule has 0 heterocycles. The van der Waals surface area contributed by atoms with Crippen molar-refractivity contribution in [2.24, 2.45) is 23.0 Å². The summed E-state index contributed by atoms with van der Waals surface area (Å²) >= 11 is 0. The first-order valence-corrected chi connectivity index (χ1v) is 5.19. The highest BCUT2D eigenvalue weighted by molar-refractivity contribution is 4.80. The van der Waals surface area contributed by atoms with Gasteiger partial charge in [0.2, 0.25) is 0 Å². The molecular weight excluding hydrogens is 146 g/mol. The number of rotatable bonds is 5. The molecule has 1 heteroatoms. The summed E-state index contributed by atoms with van der Waals surface area (Å²) in [7, 11) is 0. The van der Waals surface area contributed by atoms with Crippen LogP contribution < -0.4 is 5.73 Å². The van der Waals surface area contributed by atoms with Crippen molar-refractivity contribution >= 4 is 0 Å². The zero-order chi connectivity index (χ0) is 9.78. The van der Waals surface area contributed by atoms with E-state index in [0.29, 0.717) is 11.3 Å². The molecule has 0 aromatic rings. The molecule has 2 atom stereocenters. The van der Waals surface area contributed by atoms with Crippen LogP contribution in [0.2, 0.25) is 0 Å². The molecule has 2 unspecified atom stereocenters. The Morgan fingerprint density at radius 1 is 1.25 bits per heavy atom. The average molecular weight is 171 g/mol. The Bertz CT molecular complexity index is 118. The Hall–Kier alpha value is -0.0400. The van der Waals surface area contributed by atoms with E-state index in [1.54, 1.807) is 0 Å². The van der Waals surface area contributed by atoms with Gasteiger partial charge in [0.05, 0.1) is 0 Å². The lowest BCUT2D eigenvalue weighted by Gasteiger charge is -2.36. The molecule has 0 aliphatic rings. The fourth-order valence-electron chi connectivity index (χ4n) is 2.15. The van der Waals surface area contributed by atoms with Crippen LogP contribution in [0.1, 0.15) is 47.5 Å². The van der Waals surface area contributed by atoms with Crippen molar-refractivity contribution in [3.05, 3.63) is 0 Å². The van der Waals surface area contributed by atoms with Gasteiger partial charge in [-0.1, -0.05) is 47.5 Å². The van der Waals surface area contributed by atoms with E-state index in [0.717, 1.165) is 12.5 Å². The van der Waals surface area contributed by atoms with E-state index in [1.807, 2.05) is 0 Å². The van der Waals surface area contributed by atoms with Crippen molar-refractivity contribution in [1.82, 2.24) is 0 Å². The first-order valence-electron chi connectivity index (χ1n) is 5.19. The van der Waals surface area contributed by atoms with Crippen LogP contribution in [0.5, 0.6) is 0 Å². The average Bonchev–Trinajstić information content (AvgIpc) is 2.05. The summed E-state index contributed by atoms with van der Waals surface area (Å²) in [4.78, 5) is 0. The Morgan fingerprint density at radius 2 is 1.75 bits per heavy atom. The van der Waals surface area contributed by atoms with E-state index in [9.17, 15) is 0 Å². The molecule has 0 aliphatic heterocycles. The standard InChI is InChI=1S/C11H25N/c1-6-10(9(3)8-12)11(4,5)7-2/h9-10H,6-8,12H2,1-5H3. The third kappa shape index (κ3) is 2.78. The van der Waals surface area contributed by atoms with Crippen LogP contribution in [0.15, 0.2) is 0 Å². The van der Waals surface area contributed by atoms with E-state index >= 15 is 0 Å². The molecule has 0 amide bonds. The molecule has 0 saturated heterocycles. The molecule has 12 heavy (non-hydrogen) atoms. The molecular formula is C11H25N. The van der Waals surface area contributed by atoms with E-state index in [4.69, 9.17) is 5.73 Å². The van der Waals surface area contributed by atoms with Crippen LogP contribution >= 0.6 is 0 Å². The maximum Gasteiger partial charge on any atom is -0.00487 e. The van der Waals surface area contributed by atoms with Crippen LogP contribution in [0.3, 0.4) is 0 Å². The molecule has 0 saturated carbocycles. The Balaban J connectivity index is 4.32. The van der Waals surface area contributed by atoms with Gasteiger partial charge < -0.3 is 5.73 Å². The molecule has 0 spiro atoms. The summed E-state index contributed by atoms with van der Waals surface area (Å²) in [5.41, 5.74) is 6.15. The van der Waals surface area contributed by atoms with Crippen molar-refractivity contribution in [3.8, 4) is 0 Å². The second-order valence-corrected chi connectivity index (χ2v) is 4.57. The van der Waals surface area contributed by atoms with Crippen LogP contribution in [-0.2, 0) is 0 Å². The molecule has 1 nitrogen and oxygen atoms in total. The predicted octanol–water partition coefficient (Wildman–Crippen LogP) is 3.04. The minimum Gasteiger partial charge on any atom is -0.330 e. The van der Waals surface area contributed by atoms with E-state index < -0.39 is 0 Å². The van der Waals surface area contributed by atoms with Gasteiger partial charge in [-0.25, -0.2) is 0 Å². The third-order valence-corrected chi connectivity index (χ3v) is 3.41. The van der Waals surface area contributed by atoms with Crippen molar-refractivity contribution in [1.29, 1.82) is 0 Å². The zero-order valence-corrected chi connectivity index (χ0v) is 9.35. The van der Waals surface area contributed by atoms with Crippen LogP contribution in [0, 0.1) is 17.3 Å². The van der Waals surface area contributed by atoms with Gasteiger partial charge in [0.25, 0.3) is 0 Å². The van der Waals surface area contributed by atoms with E-state index in [-0.39, 0.29) is 0 Å². The van der Waals surface area contributed by atoms with Gasteiger partial charge in [0.1, 0.15) is 0 Å². The topological polar surface area (TPSA) is 26.0 Å². The van der Waals surface area contributed by atoms with Gasteiger partial charge >= 0.3 is 0 Å². The molecule has 0 aromatic heterocycles. The molecule has 0 fully saturated rings. The highest BCUT2D eigenvalue weighted by atomic mass is 14.6. The van der Waals surface area contributed by atoms with Gasteiger partial charge in [-0.3, -0.25) is 0 Å². The largest absolute Gasteiger partial charge is 0.330 e. The summed E-state index contributed by atoms with van der Waals surface area (Å²) in [5.74, 6) is 1.43. The Labute approximate surface area is 77.7 Å². The van der Waals surface area contributed by atoms with Crippen molar-refractivity contribution in [3.63, 3.8) is 0 Å². The van der Waals surface area contributed by atoms with Gasteiger partial charge in [-0.2, -0.15) is 0 Å². The van der Waals surface area contributed by atoms with Crippen molar-refractivity contribution in [2.45, 2.75) is 47.5 Å². The summed E-state index contributed by atoms with van der Waals surface area (Å²) in [5, 5.41) is 0. The van der Waals surface area contributed by atoms with Gasteiger partial charge in [0.15, 0.2) is 0 Å². The van der Waals surface area contributed by atoms with Crippen molar-refractivity contribution < 1.29 is 0 Å². The number of hydrogen-bond acceptors (Lipinski definition) is 1. The minimum atomic E-state index is 0.452. The smallest absolute Gasteiger partial charge is 0.00487 e. The normalized spacial score (nSPS) is 17.5. The van der Waals surface area contributed by atoms with Crippen LogP contribution in [-0.4, -0.2) is 6.54 Å². The first kappa shape index (κ1) is 12.0. The number of nitrogens with two attached hydrogens (primary N) is 1. The summed E-state index contributed by atoms with van der Waals surface area (Å²) < 4.78 is 0. The SMILES string of the molecule is CCC(C(C)CN)C(C)(C)CC. The highest BCUT2D eigenvalue weighted by Gasteiger charge is 2.29. The van der Waals surface area contributed by atoms with E-state index in [1.165, 1.54) is 12.8 Å². The first-order chi connectivity index (χ1) is 5.49. The highest BCUT2D eigenvalue weighted by Crippen LogP contribution is 2.37. The predicted molar refractivity (Wildman–Crippen MR) is 56.1 cm³/mol. The Morgan fingerprint density at radius 3 is 2.00 bits per heavy atom. The molecule has 0 rings (SSSR count). The fourth-order valence-corrected chi connectivity index (χ4v) is 2.15. The number of hydrogen-bond donors (Lipinski definition) is 1. The third-order valence-electron chi connectivity index (χ3n) is 3.41. The summed E-state index contributed by atoms with van der Waals surface area (Å²) in [6, 6.07) is 0. The summed E-state index contributed by atoms with van der Waals surface area (Å²) in [6.07, 6.45) is 2.50. The second-order valence-electron chi connectivity index (χ2n) is 4.57. The Kier molecular flexibility index (Phi) is 4.84. The second kappa shape index (κ2) is 4.86.